The summed E-state index contributed by atoms with van der Waals surface area (Å²) in [5.74, 6) is -0.593. The lowest BCUT2D eigenvalue weighted by Crippen LogP contribution is -2.45. The third-order valence-corrected chi connectivity index (χ3v) is 8.98. The molecule has 0 spiro atoms. The van der Waals surface area contributed by atoms with Crippen LogP contribution in [0.25, 0.3) is 0 Å². The Bertz CT molecular complexity index is 962. The lowest BCUT2D eigenvalue weighted by atomic mass is 9.97. The Morgan fingerprint density at radius 2 is 1.68 bits per heavy atom. The number of Topliss-reactive ketones (excluding diaryl/α,β-unsaturated/α-hetero) is 1. The number of ketones is 1. The second-order valence-corrected chi connectivity index (χ2v) is 11.5. The number of amides is 1. The van der Waals surface area contributed by atoms with Crippen LogP contribution in [-0.4, -0.2) is 63.5 Å². The SMILES string of the molecule is CC(=O)c1ccc(S(=O)(=O)N2CCC(C(=O)NC3CCS(=O)(=O)C3)CC2)cc1. The van der Waals surface area contributed by atoms with Crippen molar-refractivity contribution in [2.24, 2.45) is 5.92 Å². The zero-order valence-electron chi connectivity index (χ0n) is 15.6. The molecule has 1 N–H and O–H groups in total. The summed E-state index contributed by atoms with van der Waals surface area (Å²) in [6, 6.07) is 5.48. The molecule has 1 unspecified atom stereocenters. The van der Waals surface area contributed by atoms with Gasteiger partial charge in [0.05, 0.1) is 16.4 Å². The van der Waals surface area contributed by atoms with Crippen LogP contribution < -0.4 is 5.32 Å². The maximum atomic E-state index is 12.8. The Kier molecular flexibility index (Phi) is 5.92. The number of sulfonamides is 1. The molecule has 1 atom stereocenters. The van der Waals surface area contributed by atoms with E-state index in [0.717, 1.165) is 0 Å². The normalized spacial score (nSPS) is 23.4. The van der Waals surface area contributed by atoms with Crippen molar-refractivity contribution < 1.29 is 26.4 Å². The summed E-state index contributed by atoms with van der Waals surface area (Å²) in [5, 5.41) is 2.79. The number of piperidine rings is 1. The Morgan fingerprint density at radius 1 is 1.07 bits per heavy atom. The van der Waals surface area contributed by atoms with Crippen LogP contribution in [-0.2, 0) is 24.7 Å². The van der Waals surface area contributed by atoms with Gasteiger partial charge in [0.2, 0.25) is 15.9 Å². The molecule has 2 aliphatic heterocycles. The van der Waals surface area contributed by atoms with Crippen LogP contribution in [0.2, 0.25) is 0 Å². The van der Waals surface area contributed by atoms with E-state index in [1.165, 1.54) is 35.5 Å². The van der Waals surface area contributed by atoms with Gasteiger partial charge in [-0.25, -0.2) is 16.8 Å². The van der Waals surface area contributed by atoms with Gasteiger partial charge in [0.25, 0.3) is 0 Å². The smallest absolute Gasteiger partial charge is 0.243 e. The summed E-state index contributed by atoms with van der Waals surface area (Å²) in [6.07, 6.45) is 1.20. The van der Waals surface area contributed by atoms with Gasteiger partial charge in [-0.1, -0.05) is 12.1 Å². The molecule has 0 saturated carbocycles. The quantitative estimate of drug-likeness (QED) is 0.686. The van der Waals surface area contributed by atoms with E-state index < -0.39 is 19.9 Å². The lowest BCUT2D eigenvalue weighted by Gasteiger charge is -2.31. The molecule has 0 aliphatic carbocycles. The highest BCUT2D eigenvalue weighted by molar-refractivity contribution is 7.91. The first-order chi connectivity index (χ1) is 13.1. The molecular weight excluding hydrogens is 404 g/mol. The van der Waals surface area contributed by atoms with Crippen molar-refractivity contribution >= 4 is 31.6 Å². The number of sulfone groups is 1. The van der Waals surface area contributed by atoms with Crippen LogP contribution in [0, 0.1) is 5.92 Å². The van der Waals surface area contributed by atoms with E-state index in [-0.39, 0.29) is 53.1 Å². The standard InChI is InChI=1S/C18H24N2O6S2/c1-13(21)14-2-4-17(5-3-14)28(25,26)20-9-6-15(7-10-20)18(22)19-16-8-11-27(23,24)12-16/h2-5,15-16H,6-12H2,1H3,(H,19,22). The molecule has 10 heteroatoms. The molecule has 1 aromatic carbocycles. The minimum Gasteiger partial charge on any atom is -0.352 e. The zero-order chi connectivity index (χ0) is 20.5. The third-order valence-electron chi connectivity index (χ3n) is 5.30. The fraction of sp³-hybridized carbons (Fsp3) is 0.556. The van der Waals surface area contributed by atoms with E-state index in [0.29, 0.717) is 24.8 Å². The van der Waals surface area contributed by atoms with E-state index in [4.69, 9.17) is 0 Å². The van der Waals surface area contributed by atoms with E-state index in [2.05, 4.69) is 5.32 Å². The van der Waals surface area contributed by atoms with Crippen LogP contribution >= 0.6 is 0 Å². The topological polar surface area (TPSA) is 118 Å². The molecule has 0 bridgehead atoms. The highest BCUT2D eigenvalue weighted by Gasteiger charge is 2.34. The minimum atomic E-state index is -3.68. The Morgan fingerprint density at radius 3 is 2.18 bits per heavy atom. The van der Waals surface area contributed by atoms with Crippen molar-refractivity contribution in [1.29, 1.82) is 0 Å². The molecule has 1 aromatic rings. The average molecular weight is 429 g/mol. The van der Waals surface area contributed by atoms with Crippen molar-refractivity contribution in [1.82, 2.24) is 9.62 Å². The van der Waals surface area contributed by atoms with Gasteiger partial charge in [-0.3, -0.25) is 9.59 Å². The van der Waals surface area contributed by atoms with Crippen molar-refractivity contribution in [3.05, 3.63) is 29.8 Å². The summed E-state index contributed by atoms with van der Waals surface area (Å²) in [7, 11) is -6.74. The van der Waals surface area contributed by atoms with Gasteiger partial charge in [0.15, 0.2) is 15.6 Å². The number of benzene rings is 1. The van der Waals surface area contributed by atoms with Crippen LogP contribution in [0.5, 0.6) is 0 Å². The summed E-state index contributed by atoms with van der Waals surface area (Å²) < 4.78 is 49.9. The molecule has 28 heavy (non-hydrogen) atoms. The van der Waals surface area contributed by atoms with Crippen LogP contribution in [0.15, 0.2) is 29.2 Å². The molecule has 2 heterocycles. The maximum Gasteiger partial charge on any atom is 0.243 e. The summed E-state index contributed by atoms with van der Waals surface area (Å²) >= 11 is 0. The largest absolute Gasteiger partial charge is 0.352 e. The highest BCUT2D eigenvalue weighted by atomic mass is 32.2. The van der Waals surface area contributed by atoms with Crippen molar-refractivity contribution in [2.45, 2.75) is 37.1 Å². The number of nitrogens with one attached hydrogen (secondary N) is 1. The molecular formula is C18H24N2O6S2. The Hall–Kier alpha value is -1.78. The van der Waals surface area contributed by atoms with E-state index in [1.807, 2.05) is 0 Å². The van der Waals surface area contributed by atoms with E-state index in [1.54, 1.807) is 0 Å². The van der Waals surface area contributed by atoms with Crippen LogP contribution in [0.1, 0.15) is 36.5 Å². The number of carbonyl (C=O) groups excluding carboxylic acids is 2. The lowest BCUT2D eigenvalue weighted by molar-refractivity contribution is -0.126. The Labute approximate surface area is 165 Å². The zero-order valence-corrected chi connectivity index (χ0v) is 17.3. The first-order valence-electron chi connectivity index (χ1n) is 9.20. The second-order valence-electron chi connectivity index (χ2n) is 7.37. The fourth-order valence-electron chi connectivity index (χ4n) is 3.60. The predicted octanol–water partition coefficient (Wildman–Crippen LogP) is 0.593. The second kappa shape index (κ2) is 7.92. The van der Waals surface area contributed by atoms with Gasteiger partial charge < -0.3 is 5.32 Å². The van der Waals surface area contributed by atoms with Gasteiger partial charge in [0.1, 0.15) is 0 Å². The summed E-state index contributed by atoms with van der Waals surface area (Å²) in [6.45, 7) is 1.86. The predicted molar refractivity (Wildman–Crippen MR) is 103 cm³/mol. The number of rotatable bonds is 5. The van der Waals surface area contributed by atoms with Gasteiger partial charge in [-0.05, 0) is 38.3 Å². The van der Waals surface area contributed by atoms with Gasteiger partial charge in [-0.15, -0.1) is 0 Å². The van der Waals surface area contributed by atoms with Crippen molar-refractivity contribution in [3.63, 3.8) is 0 Å². The van der Waals surface area contributed by atoms with E-state index in [9.17, 15) is 26.4 Å². The monoisotopic (exact) mass is 428 g/mol. The number of hydrogen-bond donors (Lipinski definition) is 1. The van der Waals surface area contributed by atoms with Gasteiger partial charge in [0, 0.05) is 30.6 Å². The third kappa shape index (κ3) is 4.61. The van der Waals surface area contributed by atoms with Gasteiger partial charge in [-0.2, -0.15) is 4.31 Å². The molecule has 2 saturated heterocycles. The first kappa shape index (κ1) is 20.9. The minimum absolute atomic E-state index is 0.0256. The first-order valence-corrected chi connectivity index (χ1v) is 12.5. The molecule has 8 nitrogen and oxygen atoms in total. The van der Waals surface area contributed by atoms with Crippen molar-refractivity contribution in [2.75, 3.05) is 24.6 Å². The molecule has 0 aromatic heterocycles. The number of hydrogen-bond acceptors (Lipinski definition) is 6. The maximum absolute atomic E-state index is 12.8. The van der Waals surface area contributed by atoms with Crippen LogP contribution in [0.4, 0.5) is 0 Å². The van der Waals surface area contributed by atoms with Gasteiger partial charge >= 0.3 is 0 Å². The molecule has 3 rings (SSSR count). The van der Waals surface area contributed by atoms with E-state index >= 15 is 0 Å². The highest BCUT2D eigenvalue weighted by Crippen LogP contribution is 2.25. The number of carbonyl (C=O) groups is 2. The molecule has 2 fully saturated rings. The van der Waals surface area contributed by atoms with Crippen LogP contribution in [0.3, 0.4) is 0 Å². The molecule has 0 radical (unpaired) electrons. The van der Waals surface area contributed by atoms with Crippen molar-refractivity contribution in [3.8, 4) is 0 Å². The summed E-state index contributed by atoms with van der Waals surface area (Å²) in [4.78, 5) is 23.8. The molecule has 2 aliphatic rings. The molecule has 154 valence electrons. The average Bonchev–Trinajstić information content (AvgIpc) is 3.00. The fourth-order valence-corrected chi connectivity index (χ4v) is 6.74. The Balaban J connectivity index is 1.58. The summed E-state index contributed by atoms with van der Waals surface area (Å²) in [5.41, 5.74) is 0.447. The molecule has 1 amide bonds. The number of nitrogens with zero attached hydrogens (tertiary/aromatic N) is 1.